The van der Waals surface area contributed by atoms with Crippen LogP contribution < -0.4 is 5.32 Å². The zero-order valence-corrected chi connectivity index (χ0v) is 14.6. The molecule has 1 N–H and O–H groups in total. The van der Waals surface area contributed by atoms with Crippen LogP contribution in [0, 0.1) is 0 Å². The molecule has 126 valence electrons. The third-order valence-corrected chi connectivity index (χ3v) is 4.50. The third-order valence-electron chi connectivity index (χ3n) is 4.50. The summed E-state index contributed by atoms with van der Waals surface area (Å²) in [4.78, 5) is 18.7. The number of rotatable bonds is 4. The molecule has 1 aliphatic heterocycles. The highest BCUT2D eigenvalue weighted by atomic mass is 35.5. The van der Waals surface area contributed by atoms with Crippen LogP contribution in [-0.2, 0) is 11.2 Å². The van der Waals surface area contributed by atoms with E-state index in [1.165, 1.54) is 5.52 Å². The summed E-state index contributed by atoms with van der Waals surface area (Å²) in [6.07, 6.45) is 2.94. The van der Waals surface area contributed by atoms with Crippen molar-refractivity contribution in [1.29, 1.82) is 0 Å². The van der Waals surface area contributed by atoms with E-state index in [1.807, 2.05) is 18.0 Å². The smallest absolute Gasteiger partial charge is 0.236 e. The van der Waals surface area contributed by atoms with E-state index in [1.54, 1.807) is 0 Å². The standard InChI is InChI=1S/C17H24N4O.ClH/c1-3-16-19-14-6-4-5-7-15(14)21(16)13-8-10-20(11-9-13)17(22)12-18-2;/h4-7,13,18H,3,8-12H2,1-2H3;1H. The van der Waals surface area contributed by atoms with Gasteiger partial charge in [0.15, 0.2) is 0 Å². The van der Waals surface area contributed by atoms with Crippen LogP contribution in [0.15, 0.2) is 24.3 Å². The van der Waals surface area contributed by atoms with Crippen LogP contribution in [-0.4, -0.2) is 47.0 Å². The second-order valence-corrected chi connectivity index (χ2v) is 5.88. The van der Waals surface area contributed by atoms with Crippen LogP contribution in [0.1, 0.15) is 31.6 Å². The maximum Gasteiger partial charge on any atom is 0.236 e. The number of halogens is 1. The minimum Gasteiger partial charge on any atom is -0.341 e. The summed E-state index contributed by atoms with van der Waals surface area (Å²) in [7, 11) is 1.82. The van der Waals surface area contributed by atoms with Crippen molar-refractivity contribution >= 4 is 29.3 Å². The van der Waals surface area contributed by atoms with Gasteiger partial charge in [-0.3, -0.25) is 4.79 Å². The van der Waals surface area contributed by atoms with Gasteiger partial charge in [0.1, 0.15) is 5.82 Å². The van der Waals surface area contributed by atoms with Crippen LogP contribution >= 0.6 is 12.4 Å². The number of likely N-dealkylation sites (N-methyl/N-ethyl adjacent to an activating group) is 1. The molecule has 0 saturated carbocycles. The quantitative estimate of drug-likeness (QED) is 0.932. The number of benzene rings is 1. The average molecular weight is 337 g/mol. The van der Waals surface area contributed by atoms with Gasteiger partial charge in [-0.1, -0.05) is 19.1 Å². The molecule has 1 saturated heterocycles. The van der Waals surface area contributed by atoms with Gasteiger partial charge in [0.25, 0.3) is 0 Å². The third kappa shape index (κ3) is 3.51. The Labute approximate surface area is 143 Å². The number of amides is 1. The van der Waals surface area contributed by atoms with Gasteiger partial charge in [-0.2, -0.15) is 0 Å². The lowest BCUT2D eigenvalue weighted by Crippen LogP contribution is -2.42. The topological polar surface area (TPSA) is 50.2 Å². The molecule has 1 aromatic carbocycles. The van der Waals surface area contributed by atoms with Crippen molar-refractivity contribution in [1.82, 2.24) is 19.8 Å². The number of carbonyl (C=O) groups is 1. The summed E-state index contributed by atoms with van der Waals surface area (Å²) in [6, 6.07) is 8.79. The molecule has 0 bridgehead atoms. The molecule has 3 rings (SSSR count). The molecular weight excluding hydrogens is 312 g/mol. The number of nitrogens with zero attached hydrogens (tertiary/aromatic N) is 3. The van der Waals surface area contributed by atoms with Crippen LogP contribution in [0.25, 0.3) is 11.0 Å². The normalized spacial score (nSPS) is 15.7. The largest absolute Gasteiger partial charge is 0.341 e. The van der Waals surface area contributed by atoms with Crippen LogP contribution in [0.5, 0.6) is 0 Å². The fraction of sp³-hybridized carbons (Fsp3) is 0.529. The molecule has 23 heavy (non-hydrogen) atoms. The van der Waals surface area contributed by atoms with Crippen molar-refractivity contribution in [2.75, 3.05) is 26.7 Å². The molecule has 1 aromatic heterocycles. The SMILES string of the molecule is CCc1nc2ccccc2n1C1CCN(C(=O)CNC)CC1.Cl. The van der Waals surface area contributed by atoms with Crippen molar-refractivity contribution in [2.45, 2.75) is 32.2 Å². The first-order chi connectivity index (χ1) is 10.7. The molecule has 2 heterocycles. The van der Waals surface area contributed by atoms with Gasteiger partial charge in [-0.15, -0.1) is 12.4 Å². The Morgan fingerprint density at radius 2 is 2.00 bits per heavy atom. The Kier molecular flexibility index (Phi) is 6.02. The second kappa shape index (κ2) is 7.79. The maximum absolute atomic E-state index is 12.0. The van der Waals surface area contributed by atoms with Crippen molar-refractivity contribution in [3.05, 3.63) is 30.1 Å². The minimum absolute atomic E-state index is 0. The Bertz CT molecular complexity index is 662. The van der Waals surface area contributed by atoms with E-state index in [-0.39, 0.29) is 18.3 Å². The first kappa shape index (κ1) is 17.8. The Morgan fingerprint density at radius 1 is 1.30 bits per heavy atom. The van der Waals surface area contributed by atoms with Gasteiger partial charge in [0.05, 0.1) is 17.6 Å². The highest BCUT2D eigenvalue weighted by Crippen LogP contribution is 2.29. The molecule has 0 unspecified atom stereocenters. The van der Waals surface area contributed by atoms with E-state index in [0.29, 0.717) is 12.6 Å². The molecule has 1 fully saturated rings. The van der Waals surface area contributed by atoms with Gasteiger partial charge >= 0.3 is 0 Å². The molecular formula is C17H25ClN4O. The number of hydrogen-bond acceptors (Lipinski definition) is 3. The number of para-hydroxylation sites is 2. The van der Waals surface area contributed by atoms with Crippen LogP contribution in [0.3, 0.4) is 0 Å². The highest BCUT2D eigenvalue weighted by molar-refractivity contribution is 5.85. The summed E-state index contributed by atoms with van der Waals surface area (Å²) in [5.41, 5.74) is 2.30. The Balaban J connectivity index is 0.00000192. The van der Waals surface area contributed by atoms with E-state index in [2.05, 4.69) is 35.0 Å². The number of hydrogen-bond donors (Lipinski definition) is 1. The molecule has 2 aromatic rings. The van der Waals surface area contributed by atoms with E-state index < -0.39 is 0 Å². The van der Waals surface area contributed by atoms with E-state index in [0.717, 1.165) is 43.7 Å². The summed E-state index contributed by atoms with van der Waals surface area (Å²) in [5.74, 6) is 1.35. The fourth-order valence-electron chi connectivity index (χ4n) is 3.39. The Hall–Kier alpha value is -1.59. The molecule has 0 atom stereocenters. The number of fused-ring (bicyclic) bond motifs is 1. The molecule has 0 aliphatic carbocycles. The van der Waals surface area contributed by atoms with Crippen molar-refractivity contribution in [3.8, 4) is 0 Å². The van der Waals surface area contributed by atoms with E-state index in [9.17, 15) is 4.79 Å². The molecule has 0 spiro atoms. The fourth-order valence-corrected chi connectivity index (χ4v) is 3.39. The summed E-state index contributed by atoms with van der Waals surface area (Å²) in [6.45, 7) is 4.25. The number of carbonyl (C=O) groups excluding carboxylic acids is 1. The van der Waals surface area contributed by atoms with E-state index >= 15 is 0 Å². The summed E-state index contributed by atoms with van der Waals surface area (Å²) < 4.78 is 2.40. The Morgan fingerprint density at radius 3 is 2.65 bits per heavy atom. The molecule has 0 radical (unpaired) electrons. The maximum atomic E-state index is 12.0. The van der Waals surface area contributed by atoms with Crippen molar-refractivity contribution in [3.63, 3.8) is 0 Å². The molecule has 1 amide bonds. The summed E-state index contributed by atoms with van der Waals surface area (Å²) >= 11 is 0. The van der Waals surface area contributed by atoms with Crippen molar-refractivity contribution in [2.24, 2.45) is 0 Å². The molecule has 5 nitrogen and oxygen atoms in total. The van der Waals surface area contributed by atoms with Crippen molar-refractivity contribution < 1.29 is 4.79 Å². The first-order valence-electron chi connectivity index (χ1n) is 8.12. The van der Waals surface area contributed by atoms with Gasteiger partial charge in [-0.25, -0.2) is 4.98 Å². The van der Waals surface area contributed by atoms with E-state index in [4.69, 9.17) is 4.98 Å². The highest BCUT2D eigenvalue weighted by Gasteiger charge is 2.25. The average Bonchev–Trinajstić information content (AvgIpc) is 2.93. The number of likely N-dealkylation sites (tertiary alicyclic amines) is 1. The van der Waals surface area contributed by atoms with Gasteiger partial charge < -0.3 is 14.8 Å². The lowest BCUT2D eigenvalue weighted by atomic mass is 10.0. The first-order valence-corrected chi connectivity index (χ1v) is 8.12. The number of aromatic nitrogens is 2. The monoisotopic (exact) mass is 336 g/mol. The number of piperidine rings is 1. The lowest BCUT2D eigenvalue weighted by Gasteiger charge is -2.33. The summed E-state index contributed by atoms with van der Waals surface area (Å²) in [5, 5.41) is 2.94. The number of aryl methyl sites for hydroxylation is 1. The van der Waals surface area contributed by atoms with Crippen LogP contribution in [0.2, 0.25) is 0 Å². The molecule has 6 heteroatoms. The number of nitrogens with one attached hydrogen (secondary N) is 1. The zero-order chi connectivity index (χ0) is 15.5. The zero-order valence-electron chi connectivity index (χ0n) is 13.8. The molecule has 1 aliphatic rings. The van der Waals surface area contributed by atoms with Gasteiger partial charge in [-0.05, 0) is 32.0 Å². The predicted octanol–water partition coefficient (Wildman–Crippen LogP) is 2.40. The predicted molar refractivity (Wildman–Crippen MR) is 95.1 cm³/mol. The van der Waals surface area contributed by atoms with Crippen LogP contribution in [0.4, 0.5) is 0 Å². The lowest BCUT2D eigenvalue weighted by molar-refractivity contribution is -0.131. The second-order valence-electron chi connectivity index (χ2n) is 5.88. The number of imidazole rings is 1. The minimum atomic E-state index is 0. The van der Waals surface area contributed by atoms with Gasteiger partial charge in [0, 0.05) is 25.6 Å². The van der Waals surface area contributed by atoms with Gasteiger partial charge in [0.2, 0.25) is 5.91 Å².